The number of ketones is 1. The number of nitrogens with zero attached hydrogens (tertiary/aromatic N) is 1. The predicted molar refractivity (Wildman–Crippen MR) is 61.0 cm³/mol. The second-order valence-electron chi connectivity index (χ2n) is 4.27. The second kappa shape index (κ2) is 6.96. The Morgan fingerprint density at radius 1 is 1.40 bits per heavy atom. The average molecular weight is 213 g/mol. The molecule has 0 aromatic carbocycles. The number of Topliss-reactive ketones (excluding diaryl/α,β-unsaturated/α-hetero) is 1. The Bertz CT molecular complexity index is 186. The molecule has 0 N–H and O–H groups in total. The largest absolute Gasteiger partial charge is 0.381 e. The normalized spacial score (nSPS) is 19.3. The smallest absolute Gasteiger partial charge is 0.132 e. The highest BCUT2D eigenvalue weighted by molar-refractivity contribution is 5.77. The molecule has 0 spiro atoms. The lowest BCUT2D eigenvalue weighted by atomic mass is 10.1. The minimum atomic E-state index is 0.391. The third-order valence-electron chi connectivity index (χ3n) is 3.19. The van der Waals surface area contributed by atoms with Gasteiger partial charge in [0.25, 0.3) is 0 Å². The van der Waals surface area contributed by atoms with Crippen LogP contribution in [-0.4, -0.2) is 43.5 Å². The van der Waals surface area contributed by atoms with E-state index in [0.29, 0.717) is 18.3 Å². The van der Waals surface area contributed by atoms with Crippen molar-refractivity contribution < 1.29 is 9.53 Å². The van der Waals surface area contributed by atoms with Crippen LogP contribution in [0.2, 0.25) is 0 Å². The first kappa shape index (κ1) is 12.7. The first-order chi connectivity index (χ1) is 7.26. The van der Waals surface area contributed by atoms with Gasteiger partial charge in [0, 0.05) is 33.0 Å². The van der Waals surface area contributed by atoms with Crippen LogP contribution in [0.15, 0.2) is 0 Å². The van der Waals surface area contributed by atoms with Crippen molar-refractivity contribution in [1.82, 2.24) is 4.90 Å². The minimum absolute atomic E-state index is 0.391. The summed E-state index contributed by atoms with van der Waals surface area (Å²) in [5.74, 6) is 0.391. The molecule has 0 aromatic rings. The fraction of sp³-hybridized carbons (Fsp3) is 0.917. The lowest BCUT2D eigenvalue weighted by Gasteiger charge is -2.30. The zero-order chi connectivity index (χ0) is 11.1. The van der Waals surface area contributed by atoms with Crippen LogP contribution in [0.3, 0.4) is 0 Å². The van der Waals surface area contributed by atoms with Crippen LogP contribution in [-0.2, 0) is 9.53 Å². The van der Waals surface area contributed by atoms with Gasteiger partial charge in [-0.3, -0.25) is 4.79 Å². The fourth-order valence-corrected chi connectivity index (χ4v) is 2.05. The zero-order valence-electron chi connectivity index (χ0n) is 10.00. The van der Waals surface area contributed by atoms with Gasteiger partial charge in [0.15, 0.2) is 0 Å². The summed E-state index contributed by atoms with van der Waals surface area (Å²) in [5, 5.41) is 0. The van der Waals surface area contributed by atoms with E-state index in [2.05, 4.69) is 4.90 Å². The van der Waals surface area contributed by atoms with E-state index in [4.69, 9.17) is 4.74 Å². The molecule has 1 aliphatic heterocycles. The van der Waals surface area contributed by atoms with Gasteiger partial charge in [0.05, 0.1) is 6.10 Å². The van der Waals surface area contributed by atoms with Gasteiger partial charge < -0.3 is 9.64 Å². The Morgan fingerprint density at radius 3 is 2.60 bits per heavy atom. The molecular formula is C12H23NO2. The second-order valence-corrected chi connectivity index (χ2v) is 4.27. The molecule has 0 radical (unpaired) electrons. The molecule has 0 unspecified atom stereocenters. The van der Waals surface area contributed by atoms with E-state index in [9.17, 15) is 4.79 Å². The molecule has 15 heavy (non-hydrogen) atoms. The van der Waals surface area contributed by atoms with Crippen LogP contribution in [0.1, 0.15) is 39.0 Å². The Balaban J connectivity index is 2.06. The van der Waals surface area contributed by atoms with Crippen molar-refractivity contribution in [1.29, 1.82) is 0 Å². The highest BCUT2D eigenvalue weighted by Crippen LogP contribution is 2.13. The molecule has 1 heterocycles. The quantitative estimate of drug-likeness (QED) is 0.674. The maximum absolute atomic E-state index is 11.1. The van der Waals surface area contributed by atoms with Crippen LogP contribution in [0.4, 0.5) is 0 Å². The molecule has 1 fully saturated rings. The van der Waals surface area contributed by atoms with Crippen LogP contribution < -0.4 is 0 Å². The molecule has 1 rings (SSSR count). The van der Waals surface area contributed by atoms with Gasteiger partial charge in [0.1, 0.15) is 5.78 Å². The predicted octanol–water partition coefficient (Wildman–Crippen LogP) is 1.86. The number of carbonyl (C=O) groups excluding carboxylic acids is 1. The zero-order valence-corrected chi connectivity index (χ0v) is 10.00. The molecule has 0 atom stereocenters. The van der Waals surface area contributed by atoms with E-state index in [1.165, 1.54) is 0 Å². The summed E-state index contributed by atoms with van der Waals surface area (Å²) < 4.78 is 5.32. The molecular weight excluding hydrogens is 190 g/mol. The molecule has 0 amide bonds. The molecule has 0 aromatic heterocycles. The highest BCUT2D eigenvalue weighted by Gasteiger charge is 2.17. The van der Waals surface area contributed by atoms with Crippen LogP contribution in [0, 0.1) is 0 Å². The van der Waals surface area contributed by atoms with Crippen LogP contribution in [0.5, 0.6) is 0 Å². The number of likely N-dealkylation sites (tertiary alicyclic amines) is 1. The summed E-state index contributed by atoms with van der Waals surface area (Å²) in [6, 6.07) is 0. The van der Waals surface area contributed by atoms with E-state index >= 15 is 0 Å². The topological polar surface area (TPSA) is 29.5 Å². The Hall–Kier alpha value is -0.410. The Labute approximate surface area is 92.8 Å². The number of carbonyl (C=O) groups is 1. The summed E-state index contributed by atoms with van der Waals surface area (Å²) >= 11 is 0. The standard InChI is InChI=1S/C12H23NO2/c1-3-11(14)5-4-8-13-9-6-12(15-2)7-10-13/h12H,3-10H2,1-2H3. The van der Waals surface area contributed by atoms with E-state index in [1.54, 1.807) is 7.11 Å². The van der Waals surface area contributed by atoms with E-state index in [1.807, 2.05) is 6.92 Å². The lowest BCUT2D eigenvalue weighted by Crippen LogP contribution is -2.37. The maximum Gasteiger partial charge on any atom is 0.132 e. The molecule has 0 bridgehead atoms. The van der Waals surface area contributed by atoms with Crippen molar-refractivity contribution in [3.05, 3.63) is 0 Å². The van der Waals surface area contributed by atoms with Crippen LogP contribution in [0.25, 0.3) is 0 Å². The summed E-state index contributed by atoms with van der Waals surface area (Å²) in [6.45, 7) is 5.26. The Kier molecular flexibility index (Phi) is 5.88. The fourth-order valence-electron chi connectivity index (χ4n) is 2.05. The molecule has 88 valence electrons. The van der Waals surface area contributed by atoms with Crippen molar-refractivity contribution in [3.63, 3.8) is 0 Å². The van der Waals surface area contributed by atoms with Crippen molar-refractivity contribution >= 4 is 5.78 Å². The molecule has 1 aliphatic rings. The maximum atomic E-state index is 11.1. The number of hydrogen-bond acceptors (Lipinski definition) is 3. The third-order valence-corrected chi connectivity index (χ3v) is 3.19. The van der Waals surface area contributed by atoms with Crippen molar-refractivity contribution in [2.45, 2.75) is 45.1 Å². The first-order valence-corrected chi connectivity index (χ1v) is 6.03. The van der Waals surface area contributed by atoms with Gasteiger partial charge in [-0.25, -0.2) is 0 Å². The number of piperidine rings is 1. The molecule has 3 nitrogen and oxygen atoms in total. The highest BCUT2D eigenvalue weighted by atomic mass is 16.5. The van der Waals surface area contributed by atoms with Crippen molar-refractivity contribution in [2.24, 2.45) is 0 Å². The number of ether oxygens (including phenoxy) is 1. The molecule has 3 heteroatoms. The first-order valence-electron chi connectivity index (χ1n) is 6.03. The monoisotopic (exact) mass is 213 g/mol. The average Bonchev–Trinajstić information content (AvgIpc) is 2.29. The molecule has 1 saturated heterocycles. The minimum Gasteiger partial charge on any atom is -0.381 e. The van der Waals surface area contributed by atoms with Crippen molar-refractivity contribution in [3.8, 4) is 0 Å². The third kappa shape index (κ3) is 4.76. The Morgan fingerprint density at radius 2 is 2.07 bits per heavy atom. The van der Waals surface area contributed by atoms with Gasteiger partial charge in [-0.1, -0.05) is 6.92 Å². The van der Waals surface area contributed by atoms with Gasteiger partial charge in [0.2, 0.25) is 0 Å². The number of methoxy groups -OCH3 is 1. The summed E-state index contributed by atoms with van der Waals surface area (Å²) in [6.07, 6.45) is 5.19. The van der Waals surface area contributed by atoms with Gasteiger partial charge in [-0.05, 0) is 25.8 Å². The van der Waals surface area contributed by atoms with Crippen LogP contribution >= 0.6 is 0 Å². The van der Waals surface area contributed by atoms with E-state index in [0.717, 1.165) is 45.3 Å². The SMILES string of the molecule is CCC(=O)CCCN1CCC(OC)CC1. The lowest BCUT2D eigenvalue weighted by molar-refractivity contribution is -0.118. The summed E-state index contributed by atoms with van der Waals surface area (Å²) in [4.78, 5) is 13.6. The summed E-state index contributed by atoms with van der Waals surface area (Å²) in [7, 11) is 1.79. The number of rotatable bonds is 6. The van der Waals surface area contributed by atoms with Gasteiger partial charge in [-0.15, -0.1) is 0 Å². The van der Waals surface area contributed by atoms with E-state index < -0.39 is 0 Å². The van der Waals surface area contributed by atoms with E-state index in [-0.39, 0.29) is 0 Å². The number of hydrogen-bond donors (Lipinski definition) is 0. The van der Waals surface area contributed by atoms with Gasteiger partial charge in [-0.2, -0.15) is 0 Å². The summed E-state index contributed by atoms with van der Waals surface area (Å²) in [5.41, 5.74) is 0. The molecule has 0 saturated carbocycles. The van der Waals surface area contributed by atoms with Crippen molar-refractivity contribution in [2.75, 3.05) is 26.7 Å². The van der Waals surface area contributed by atoms with Gasteiger partial charge >= 0.3 is 0 Å². The molecule has 0 aliphatic carbocycles.